The highest BCUT2D eigenvalue weighted by Gasteiger charge is 2.22. The first-order chi connectivity index (χ1) is 7.27. The predicted octanol–water partition coefficient (Wildman–Crippen LogP) is 0.346. The van der Waals surface area contributed by atoms with Gasteiger partial charge in [0.1, 0.15) is 4.90 Å². The van der Waals surface area contributed by atoms with Crippen LogP contribution in [0.5, 0.6) is 11.5 Å². The van der Waals surface area contributed by atoms with E-state index < -0.39 is 32.3 Å². The number of methoxy groups -OCH3 is 1. The number of rotatable bonds is 3. The number of carboxylic acids is 1. The molecule has 0 amide bonds. The number of hydrogen-bond donors (Lipinski definition) is 3. The SMILES string of the molecule is COc1cc(C(=O)O)cc(S(=O)(=O)O)c1O. The Morgan fingerprint density at radius 3 is 2.31 bits per heavy atom. The van der Waals surface area contributed by atoms with Gasteiger partial charge in [-0.15, -0.1) is 0 Å². The summed E-state index contributed by atoms with van der Waals surface area (Å²) in [5, 5.41) is 18.0. The molecule has 0 saturated heterocycles. The van der Waals surface area contributed by atoms with Crippen molar-refractivity contribution in [1.29, 1.82) is 0 Å². The van der Waals surface area contributed by atoms with E-state index in [1.165, 1.54) is 0 Å². The van der Waals surface area contributed by atoms with Crippen LogP contribution >= 0.6 is 0 Å². The molecule has 0 radical (unpaired) electrons. The highest BCUT2D eigenvalue weighted by molar-refractivity contribution is 7.86. The summed E-state index contributed by atoms with van der Waals surface area (Å²) >= 11 is 0. The van der Waals surface area contributed by atoms with Crippen molar-refractivity contribution in [2.75, 3.05) is 7.11 Å². The Morgan fingerprint density at radius 1 is 1.38 bits per heavy atom. The van der Waals surface area contributed by atoms with E-state index in [1.807, 2.05) is 0 Å². The van der Waals surface area contributed by atoms with Gasteiger partial charge in [0.05, 0.1) is 12.7 Å². The zero-order valence-electron chi connectivity index (χ0n) is 8.04. The zero-order valence-corrected chi connectivity index (χ0v) is 8.85. The number of benzene rings is 1. The minimum absolute atomic E-state index is 0.354. The van der Waals surface area contributed by atoms with Gasteiger partial charge in [-0.1, -0.05) is 0 Å². The fraction of sp³-hybridized carbons (Fsp3) is 0.125. The number of aromatic carboxylic acids is 1. The van der Waals surface area contributed by atoms with Crippen molar-refractivity contribution in [1.82, 2.24) is 0 Å². The molecule has 8 heteroatoms. The van der Waals surface area contributed by atoms with Crippen LogP contribution in [0.4, 0.5) is 0 Å². The maximum atomic E-state index is 10.8. The standard InChI is InChI=1S/C8H8O7S/c1-15-5-2-4(8(10)11)3-6(7(5)9)16(12,13)14/h2-3,9H,1H3,(H,10,11)(H,12,13,14). The Bertz CT molecular complexity index is 532. The van der Waals surface area contributed by atoms with E-state index in [9.17, 15) is 18.3 Å². The predicted molar refractivity (Wildman–Crippen MR) is 51.4 cm³/mol. The Kier molecular flexibility index (Phi) is 3.06. The van der Waals surface area contributed by atoms with E-state index in [0.717, 1.165) is 13.2 Å². The number of hydrogen-bond acceptors (Lipinski definition) is 5. The van der Waals surface area contributed by atoms with E-state index in [-0.39, 0.29) is 5.75 Å². The average Bonchev–Trinajstić information content (AvgIpc) is 2.15. The monoisotopic (exact) mass is 248 g/mol. The third-order valence-electron chi connectivity index (χ3n) is 1.78. The lowest BCUT2D eigenvalue weighted by atomic mass is 10.2. The first kappa shape index (κ1) is 12.3. The molecule has 3 N–H and O–H groups in total. The first-order valence-electron chi connectivity index (χ1n) is 3.89. The highest BCUT2D eigenvalue weighted by atomic mass is 32.2. The summed E-state index contributed by atoms with van der Waals surface area (Å²) in [5.74, 6) is -2.61. The summed E-state index contributed by atoms with van der Waals surface area (Å²) in [4.78, 5) is 9.73. The molecule has 1 aromatic rings. The molecule has 1 aromatic carbocycles. The summed E-state index contributed by atoms with van der Waals surface area (Å²) < 4.78 is 35.0. The maximum absolute atomic E-state index is 10.8. The number of phenols is 1. The lowest BCUT2D eigenvalue weighted by Gasteiger charge is -2.08. The largest absolute Gasteiger partial charge is 0.503 e. The van der Waals surface area contributed by atoms with Crippen molar-refractivity contribution < 1.29 is 32.7 Å². The van der Waals surface area contributed by atoms with Crippen molar-refractivity contribution in [3.8, 4) is 11.5 Å². The number of carbonyl (C=O) groups is 1. The molecular weight excluding hydrogens is 240 g/mol. The topological polar surface area (TPSA) is 121 Å². The van der Waals surface area contributed by atoms with Gasteiger partial charge in [-0.3, -0.25) is 4.55 Å². The van der Waals surface area contributed by atoms with Crippen molar-refractivity contribution in [2.45, 2.75) is 4.90 Å². The molecule has 16 heavy (non-hydrogen) atoms. The van der Waals surface area contributed by atoms with E-state index in [4.69, 9.17) is 9.66 Å². The molecule has 0 fully saturated rings. The molecule has 0 aliphatic carbocycles. The Hall–Kier alpha value is -1.80. The van der Waals surface area contributed by atoms with Gasteiger partial charge >= 0.3 is 5.97 Å². The van der Waals surface area contributed by atoms with Crippen LogP contribution in [0.2, 0.25) is 0 Å². The van der Waals surface area contributed by atoms with Crippen LogP contribution in [-0.4, -0.2) is 36.3 Å². The van der Waals surface area contributed by atoms with Crippen molar-refractivity contribution in [2.24, 2.45) is 0 Å². The molecular formula is C8H8O7S. The number of carboxylic acid groups (broad SMARTS) is 1. The van der Waals surface area contributed by atoms with Gasteiger partial charge in [0.15, 0.2) is 11.5 Å². The number of phenolic OH excluding ortho intramolecular Hbond substituents is 1. The second-order valence-corrected chi connectivity index (χ2v) is 4.20. The quantitative estimate of drug-likeness (QED) is 0.659. The molecule has 7 nitrogen and oxygen atoms in total. The molecule has 0 unspecified atom stereocenters. The first-order valence-corrected chi connectivity index (χ1v) is 5.33. The number of ether oxygens (including phenoxy) is 1. The summed E-state index contributed by atoms with van der Waals surface area (Å²) in [6.45, 7) is 0. The van der Waals surface area contributed by atoms with Gasteiger partial charge in [0, 0.05) is 0 Å². The van der Waals surface area contributed by atoms with Crippen molar-refractivity contribution >= 4 is 16.1 Å². The molecule has 0 atom stereocenters. The van der Waals surface area contributed by atoms with Gasteiger partial charge in [0.2, 0.25) is 0 Å². The van der Waals surface area contributed by atoms with E-state index in [2.05, 4.69) is 4.74 Å². The van der Waals surface area contributed by atoms with Crippen LogP contribution in [0, 0.1) is 0 Å². The summed E-state index contributed by atoms with van der Waals surface area (Å²) in [6, 6.07) is 1.57. The van der Waals surface area contributed by atoms with E-state index >= 15 is 0 Å². The van der Waals surface area contributed by atoms with Crippen molar-refractivity contribution in [3.63, 3.8) is 0 Å². The molecule has 88 valence electrons. The van der Waals surface area contributed by atoms with Gasteiger partial charge in [-0.05, 0) is 12.1 Å². The molecule has 0 aliphatic rings. The van der Waals surface area contributed by atoms with Crippen molar-refractivity contribution in [3.05, 3.63) is 17.7 Å². The van der Waals surface area contributed by atoms with E-state index in [0.29, 0.717) is 6.07 Å². The second kappa shape index (κ2) is 3.99. The van der Waals surface area contributed by atoms with E-state index in [1.54, 1.807) is 0 Å². The molecule has 0 spiro atoms. The molecule has 0 bridgehead atoms. The highest BCUT2D eigenvalue weighted by Crippen LogP contribution is 2.34. The summed E-state index contributed by atoms with van der Waals surface area (Å²) in [6.07, 6.45) is 0. The smallest absolute Gasteiger partial charge is 0.335 e. The van der Waals surface area contributed by atoms with Crippen LogP contribution in [0.3, 0.4) is 0 Å². The molecule has 1 rings (SSSR count). The lowest BCUT2D eigenvalue weighted by Crippen LogP contribution is -2.04. The van der Waals surface area contributed by atoms with Crippen LogP contribution in [0.25, 0.3) is 0 Å². The molecule has 0 saturated carbocycles. The summed E-state index contributed by atoms with van der Waals surface area (Å²) in [5.41, 5.74) is -0.428. The van der Waals surface area contributed by atoms with Crippen LogP contribution in [-0.2, 0) is 10.1 Å². The Labute approximate surface area is 90.7 Å². The van der Waals surface area contributed by atoms with Crippen LogP contribution in [0.1, 0.15) is 10.4 Å². The minimum atomic E-state index is -4.72. The Morgan fingerprint density at radius 2 is 1.94 bits per heavy atom. The van der Waals surface area contributed by atoms with Crippen LogP contribution in [0.15, 0.2) is 17.0 Å². The van der Waals surface area contributed by atoms with Gasteiger partial charge in [0.25, 0.3) is 10.1 Å². The van der Waals surface area contributed by atoms with Gasteiger partial charge in [-0.25, -0.2) is 4.79 Å². The minimum Gasteiger partial charge on any atom is -0.503 e. The fourth-order valence-corrected chi connectivity index (χ4v) is 1.68. The lowest BCUT2D eigenvalue weighted by molar-refractivity contribution is 0.0696. The molecule has 0 heterocycles. The third-order valence-corrected chi connectivity index (χ3v) is 2.65. The maximum Gasteiger partial charge on any atom is 0.335 e. The normalized spacial score (nSPS) is 11.1. The molecule has 0 aliphatic heterocycles. The van der Waals surface area contributed by atoms with Gasteiger partial charge in [-0.2, -0.15) is 8.42 Å². The zero-order chi connectivity index (χ0) is 12.5. The Balaban J connectivity index is 3.61. The second-order valence-electron chi connectivity index (χ2n) is 2.81. The molecule has 0 aromatic heterocycles. The fourth-order valence-electron chi connectivity index (χ4n) is 1.06. The summed E-state index contributed by atoms with van der Waals surface area (Å²) in [7, 11) is -3.60. The van der Waals surface area contributed by atoms with Crippen LogP contribution < -0.4 is 4.74 Å². The number of aromatic hydroxyl groups is 1. The van der Waals surface area contributed by atoms with Gasteiger partial charge < -0.3 is 14.9 Å². The third kappa shape index (κ3) is 2.23. The average molecular weight is 248 g/mol.